The average Bonchev–Trinajstić information content (AvgIpc) is 3.39. The summed E-state index contributed by atoms with van der Waals surface area (Å²) in [5.74, 6) is -1.10. The Kier molecular flexibility index (Phi) is 6.18. The minimum absolute atomic E-state index is 0.147. The molecule has 0 unspecified atom stereocenters. The third kappa shape index (κ3) is 4.62. The number of amides is 4. The molecule has 3 aromatic rings. The molecular weight excluding hydrogens is 478 g/mol. The van der Waals surface area contributed by atoms with Crippen molar-refractivity contribution in [2.24, 2.45) is 0 Å². The quantitative estimate of drug-likeness (QED) is 0.474. The Bertz CT molecular complexity index is 1190. The summed E-state index contributed by atoms with van der Waals surface area (Å²) < 4.78 is 5.77. The van der Waals surface area contributed by atoms with Crippen LogP contribution in [0.1, 0.15) is 44.1 Å². The van der Waals surface area contributed by atoms with E-state index in [9.17, 15) is 19.2 Å². The molecule has 4 rings (SSSR count). The van der Waals surface area contributed by atoms with Crippen LogP contribution in [0.2, 0.25) is 0 Å². The Balaban J connectivity index is 1.25. The van der Waals surface area contributed by atoms with Crippen molar-refractivity contribution in [1.82, 2.24) is 4.90 Å². The zero-order valence-electron chi connectivity index (χ0n) is 16.8. The van der Waals surface area contributed by atoms with Crippen molar-refractivity contribution in [3.05, 3.63) is 82.2 Å². The van der Waals surface area contributed by atoms with E-state index in [0.29, 0.717) is 28.9 Å². The fraction of sp³-hybridized carbons (Fsp3) is 0.130. The number of carbonyl (C=O) groups excluding carboxylic acids is 4. The molecule has 9 heteroatoms. The lowest BCUT2D eigenvalue weighted by Gasteiger charge is -2.13. The molecule has 0 radical (unpaired) electrons. The number of anilines is 2. The van der Waals surface area contributed by atoms with Gasteiger partial charge in [0.15, 0.2) is 5.76 Å². The lowest BCUT2D eigenvalue weighted by Crippen LogP contribution is -2.31. The van der Waals surface area contributed by atoms with E-state index >= 15 is 0 Å². The van der Waals surface area contributed by atoms with Gasteiger partial charge in [-0.3, -0.25) is 24.1 Å². The van der Waals surface area contributed by atoms with Crippen LogP contribution in [-0.4, -0.2) is 35.1 Å². The van der Waals surface area contributed by atoms with Crippen molar-refractivity contribution in [2.75, 3.05) is 17.2 Å². The van der Waals surface area contributed by atoms with Crippen LogP contribution in [0.25, 0.3) is 0 Å². The van der Waals surface area contributed by atoms with Crippen molar-refractivity contribution < 1.29 is 23.6 Å². The van der Waals surface area contributed by atoms with Crippen LogP contribution < -0.4 is 10.6 Å². The van der Waals surface area contributed by atoms with Crippen LogP contribution in [0.5, 0.6) is 0 Å². The van der Waals surface area contributed by atoms with Crippen LogP contribution >= 0.6 is 15.9 Å². The highest BCUT2D eigenvalue weighted by Crippen LogP contribution is 2.26. The normalized spacial score (nSPS) is 12.6. The minimum atomic E-state index is -0.368. The molecule has 32 heavy (non-hydrogen) atoms. The van der Waals surface area contributed by atoms with E-state index in [1.807, 2.05) is 0 Å². The Morgan fingerprint density at radius 2 is 1.59 bits per heavy atom. The first-order valence-corrected chi connectivity index (χ1v) is 10.6. The van der Waals surface area contributed by atoms with Crippen molar-refractivity contribution in [3.63, 3.8) is 0 Å². The molecular formula is C23H18BrN3O5. The maximum Gasteiger partial charge on any atom is 0.291 e. The lowest BCUT2D eigenvalue weighted by atomic mass is 10.1. The number of nitrogens with one attached hydrogen (secondary N) is 2. The predicted octanol–water partition coefficient (Wildman–Crippen LogP) is 4.31. The molecule has 162 valence electrons. The monoisotopic (exact) mass is 495 g/mol. The van der Waals surface area contributed by atoms with Crippen LogP contribution in [-0.2, 0) is 4.79 Å². The Morgan fingerprint density at radius 3 is 2.28 bits per heavy atom. The van der Waals surface area contributed by atoms with E-state index in [1.165, 1.54) is 11.2 Å². The molecule has 0 atom stereocenters. The van der Waals surface area contributed by atoms with Gasteiger partial charge in [-0.25, -0.2) is 0 Å². The van der Waals surface area contributed by atoms with Crippen molar-refractivity contribution in [1.29, 1.82) is 0 Å². The van der Waals surface area contributed by atoms with Crippen LogP contribution in [0.3, 0.4) is 0 Å². The first-order valence-electron chi connectivity index (χ1n) is 9.83. The van der Waals surface area contributed by atoms with Gasteiger partial charge in [-0.1, -0.05) is 15.9 Å². The van der Waals surface area contributed by atoms with Crippen molar-refractivity contribution in [2.45, 2.75) is 12.8 Å². The third-order valence-corrected chi connectivity index (χ3v) is 5.38. The summed E-state index contributed by atoms with van der Waals surface area (Å²) in [7, 11) is 0. The Hall–Kier alpha value is -3.72. The SMILES string of the molecule is O=C(CCCN1C(=O)c2ccc(Br)cc2C1=O)Nc1ccc(NC(=O)c2ccco2)cc1. The van der Waals surface area contributed by atoms with E-state index in [1.54, 1.807) is 54.6 Å². The number of carbonyl (C=O) groups is 4. The van der Waals surface area contributed by atoms with Gasteiger partial charge in [-0.15, -0.1) is 0 Å². The Morgan fingerprint density at radius 1 is 0.906 bits per heavy atom. The summed E-state index contributed by atoms with van der Waals surface area (Å²) in [5, 5.41) is 5.45. The second-order valence-electron chi connectivity index (χ2n) is 7.11. The standard InChI is InChI=1S/C23H18BrN3O5/c24-14-5-10-17-18(13-14)23(31)27(22(17)30)11-1-4-20(28)25-15-6-8-16(9-7-15)26-21(29)19-3-2-12-32-19/h2-3,5-10,12-13H,1,4,11H2,(H,25,28)(H,26,29). The van der Waals surface area contributed by atoms with E-state index in [0.717, 1.165) is 4.47 Å². The average molecular weight is 496 g/mol. The highest BCUT2D eigenvalue weighted by molar-refractivity contribution is 9.10. The maximum atomic E-state index is 12.5. The van der Waals surface area contributed by atoms with Gasteiger partial charge in [0.05, 0.1) is 17.4 Å². The third-order valence-electron chi connectivity index (χ3n) is 4.89. The van der Waals surface area contributed by atoms with Gasteiger partial charge in [-0.05, 0) is 61.0 Å². The second-order valence-corrected chi connectivity index (χ2v) is 8.03. The van der Waals surface area contributed by atoms with Gasteiger partial charge in [0, 0.05) is 28.8 Å². The predicted molar refractivity (Wildman–Crippen MR) is 120 cm³/mol. The smallest absolute Gasteiger partial charge is 0.291 e. The van der Waals surface area contributed by atoms with E-state index in [2.05, 4.69) is 26.6 Å². The van der Waals surface area contributed by atoms with Crippen LogP contribution in [0.15, 0.2) is 69.8 Å². The number of hydrogen-bond acceptors (Lipinski definition) is 5. The molecule has 0 saturated carbocycles. The summed E-state index contributed by atoms with van der Waals surface area (Å²) in [5.41, 5.74) is 1.87. The van der Waals surface area contributed by atoms with Gasteiger partial charge in [0.1, 0.15) is 0 Å². The summed E-state index contributed by atoms with van der Waals surface area (Å²) >= 11 is 3.30. The summed E-state index contributed by atoms with van der Waals surface area (Å²) in [6.45, 7) is 0.162. The highest BCUT2D eigenvalue weighted by atomic mass is 79.9. The van der Waals surface area contributed by atoms with Crippen molar-refractivity contribution in [3.8, 4) is 0 Å². The fourth-order valence-electron chi connectivity index (χ4n) is 3.32. The number of nitrogens with zero attached hydrogens (tertiary/aromatic N) is 1. The van der Waals surface area contributed by atoms with Gasteiger partial charge < -0.3 is 15.1 Å². The number of benzene rings is 2. The van der Waals surface area contributed by atoms with Crippen molar-refractivity contribution >= 4 is 50.9 Å². The number of rotatable bonds is 7. The molecule has 1 aromatic heterocycles. The molecule has 0 aliphatic carbocycles. The maximum absolute atomic E-state index is 12.5. The summed E-state index contributed by atoms with van der Waals surface area (Å²) in [6.07, 6.45) is 1.91. The molecule has 0 bridgehead atoms. The van der Waals surface area contributed by atoms with E-state index in [-0.39, 0.29) is 42.4 Å². The molecule has 1 aliphatic heterocycles. The van der Waals surface area contributed by atoms with E-state index in [4.69, 9.17) is 4.42 Å². The molecule has 2 aromatic carbocycles. The molecule has 0 saturated heterocycles. The molecule has 2 N–H and O–H groups in total. The minimum Gasteiger partial charge on any atom is -0.459 e. The number of halogens is 1. The lowest BCUT2D eigenvalue weighted by molar-refractivity contribution is -0.116. The topological polar surface area (TPSA) is 109 Å². The van der Waals surface area contributed by atoms with Crippen LogP contribution in [0, 0.1) is 0 Å². The van der Waals surface area contributed by atoms with Gasteiger partial charge in [-0.2, -0.15) is 0 Å². The van der Waals surface area contributed by atoms with Gasteiger partial charge >= 0.3 is 0 Å². The van der Waals surface area contributed by atoms with Crippen LogP contribution in [0.4, 0.5) is 11.4 Å². The van der Waals surface area contributed by atoms with Gasteiger partial charge in [0.2, 0.25) is 5.91 Å². The van der Waals surface area contributed by atoms with E-state index < -0.39 is 0 Å². The molecule has 8 nitrogen and oxygen atoms in total. The highest BCUT2D eigenvalue weighted by Gasteiger charge is 2.35. The second kappa shape index (κ2) is 9.19. The summed E-state index contributed by atoms with van der Waals surface area (Å²) in [4.78, 5) is 50.3. The Labute approximate surface area is 191 Å². The molecule has 2 heterocycles. The molecule has 0 spiro atoms. The fourth-order valence-corrected chi connectivity index (χ4v) is 3.69. The largest absolute Gasteiger partial charge is 0.459 e. The number of furan rings is 1. The van der Waals surface area contributed by atoms with Gasteiger partial charge in [0.25, 0.3) is 17.7 Å². The summed E-state index contributed by atoms with van der Waals surface area (Å²) in [6, 6.07) is 14.8. The first-order chi connectivity index (χ1) is 15.4. The number of hydrogen-bond donors (Lipinski definition) is 2. The zero-order chi connectivity index (χ0) is 22.7. The molecule has 4 amide bonds. The number of imide groups is 1. The molecule has 0 fully saturated rings. The molecule has 1 aliphatic rings. The first kappa shape index (κ1) is 21.5. The zero-order valence-corrected chi connectivity index (χ0v) is 18.3. The number of fused-ring (bicyclic) bond motifs is 1.